The van der Waals surface area contributed by atoms with Crippen molar-refractivity contribution >= 4 is 24.0 Å². The van der Waals surface area contributed by atoms with Gasteiger partial charge in [0.2, 0.25) is 11.8 Å². The van der Waals surface area contributed by atoms with Gasteiger partial charge in [-0.15, -0.1) is 0 Å². The molecule has 0 unspecified atom stereocenters. The van der Waals surface area contributed by atoms with E-state index in [1.807, 2.05) is 81.4 Å². The van der Waals surface area contributed by atoms with Crippen LogP contribution in [0.15, 0.2) is 46.0 Å². The monoisotopic (exact) mass is 826 g/mol. The lowest BCUT2D eigenvalue weighted by atomic mass is 9.86. The highest BCUT2D eigenvalue weighted by Gasteiger charge is 2.58. The van der Waals surface area contributed by atoms with Gasteiger partial charge in [0, 0.05) is 112 Å². The lowest BCUT2D eigenvalue weighted by Gasteiger charge is -2.39. The van der Waals surface area contributed by atoms with Crippen molar-refractivity contribution < 1.29 is 29.3 Å². The number of aromatic nitrogens is 2. The molecule has 0 aromatic carbocycles. The number of nitrogens with zero attached hydrogens (tertiary/aromatic N) is 6. The minimum absolute atomic E-state index is 0.00262. The van der Waals surface area contributed by atoms with Gasteiger partial charge in [0.15, 0.2) is 0 Å². The zero-order valence-electron chi connectivity index (χ0n) is 35.1. The number of rotatable bonds is 10. The summed E-state index contributed by atoms with van der Waals surface area (Å²) in [5, 5.41) is 20.7. The number of aliphatic hydroxyl groups is 2. The second kappa shape index (κ2) is 17.5. The maximum atomic E-state index is 13.7. The first kappa shape index (κ1) is 41.4. The minimum Gasteiger partial charge on any atom is -0.396 e. The highest BCUT2D eigenvalue weighted by atomic mass is 16.5. The molecular weight excluding hydrogens is 765 g/mol. The number of fused-ring (bicyclic) bond motifs is 8. The van der Waals surface area contributed by atoms with E-state index in [0.29, 0.717) is 88.7 Å². The molecule has 0 radical (unpaired) electrons. The molecule has 14 heteroatoms. The predicted octanol–water partition coefficient (Wildman–Crippen LogP) is 2.23. The normalized spacial score (nSPS) is 31.3. The standard InChI is InChI=1S/2C23H31N3O4/c2*1-2-3-16-6-7-18-21-20(23(29)24-8-10-30-11-9-24)17(14-27)19(13-26(18)22(16)28)25(21)12-15-4-5-15/h2*2-3,6-7,15,17,19-21,27H,4-5,8-14H2,1H3/b3-2+;3-2-/t2*17-,19-,20+,21+/m00/s1. The predicted molar refractivity (Wildman–Crippen MR) is 226 cm³/mol. The van der Waals surface area contributed by atoms with Gasteiger partial charge in [-0.3, -0.25) is 29.0 Å². The number of ether oxygens (including phenoxy) is 2. The zero-order chi connectivity index (χ0) is 41.7. The highest BCUT2D eigenvalue weighted by Crippen LogP contribution is 2.52. The van der Waals surface area contributed by atoms with E-state index in [1.54, 1.807) is 0 Å². The maximum absolute atomic E-state index is 13.7. The van der Waals surface area contributed by atoms with Gasteiger partial charge in [-0.1, -0.05) is 24.3 Å². The Hall–Kier alpha value is -3.92. The van der Waals surface area contributed by atoms with Crippen molar-refractivity contribution in [1.29, 1.82) is 0 Å². The van der Waals surface area contributed by atoms with Gasteiger partial charge in [-0.05, 0) is 75.6 Å². The van der Waals surface area contributed by atoms with Crippen molar-refractivity contribution in [3.63, 3.8) is 0 Å². The number of carbonyl (C=O) groups excluding carboxylic acids is 2. The Bertz CT molecular complexity index is 1950. The van der Waals surface area contributed by atoms with E-state index in [-0.39, 0.29) is 84.0 Å². The SMILES string of the molecule is C/C=C/c1ccc2n(c1=O)C[C@H]1[C@H](CO)[C@@H](C(=O)N3CCOCC3)[C@@H]2N1CC1CC1.C/C=C\c1ccc2n(c1=O)C[C@H]1[C@H](CO)[C@@H](C(=O)N3CCOCC3)[C@@H]2N1CC1CC1. The van der Waals surface area contributed by atoms with E-state index in [9.17, 15) is 29.4 Å². The summed E-state index contributed by atoms with van der Waals surface area (Å²) in [6, 6.07) is 7.54. The summed E-state index contributed by atoms with van der Waals surface area (Å²) >= 11 is 0. The van der Waals surface area contributed by atoms with Gasteiger partial charge in [0.05, 0.1) is 50.3 Å². The van der Waals surface area contributed by atoms with Gasteiger partial charge in [0.1, 0.15) is 0 Å². The lowest BCUT2D eigenvalue weighted by Crippen LogP contribution is -2.48. The fraction of sp³-hybridized carbons (Fsp3) is 0.652. The summed E-state index contributed by atoms with van der Waals surface area (Å²) in [7, 11) is 0. The molecule has 14 nitrogen and oxygen atoms in total. The Morgan fingerprint density at radius 2 is 1.02 bits per heavy atom. The molecule has 2 aliphatic carbocycles. The van der Waals surface area contributed by atoms with Crippen LogP contribution in [0, 0.1) is 35.5 Å². The minimum atomic E-state index is -0.322. The Balaban J connectivity index is 0.000000154. The summed E-state index contributed by atoms with van der Waals surface area (Å²) in [6.45, 7) is 11.4. The van der Waals surface area contributed by atoms with E-state index in [0.717, 1.165) is 24.5 Å². The molecule has 324 valence electrons. The van der Waals surface area contributed by atoms with Crippen LogP contribution in [0.1, 0.15) is 74.1 Å². The largest absolute Gasteiger partial charge is 0.396 e. The quantitative estimate of drug-likeness (QED) is 0.366. The summed E-state index contributed by atoms with van der Waals surface area (Å²) in [4.78, 5) is 62.3. The molecule has 8 atom stereocenters. The molecule has 2 aromatic heterocycles. The summed E-state index contributed by atoms with van der Waals surface area (Å²) in [5.74, 6) is 0.588. The van der Waals surface area contributed by atoms with Crippen molar-refractivity contribution in [2.24, 2.45) is 35.5 Å². The van der Waals surface area contributed by atoms with E-state index >= 15 is 0 Å². The topological polar surface area (TPSA) is 150 Å². The Kier molecular flexibility index (Phi) is 12.1. The number of amides is 2. The molecule has 2 amide bonds. The van der Waals surface area contributed by atoms with Crippen molar-refractivity contribution in [3.05, 3.63) is 79.6 Å². The fourth-order valence-corrected chi connectivity index (χ4v) is 11.3. The third-order valence-corrected chi connectivity index (χ3v) is 14.6. The van der Waals surface area contributed by atoms with Gasteiger partial charge in [-0.2, -0.15) is 0 Å². The Labute approximate surface area is 352 Å². The molecule has 0 spiro atoms. The summed E-state index contributed by atoms with van der Waals surface area (Å²) in [6.07, 6.45) is 12.4. The number of pyridine rings is 2. The van der Waals surface area contributed by atoms with E-state index in [2.05, 4.69) is 9.80 Å². The van der Waals surface area contributed by atoms with E-state index < -0.39 is 0 Å². The highest BCUT2D eigenvalue weighted by molar-refractivity contribution is 5.82. The van der Waals surface area contributed by atoms with Crippen molar-refractivity contribution in [2.45, 2.75) is 76.8 Å². The van der Waals surface area contributed by atoms with Crippen LogP contribution in [0.5, 0.6) is 0 Å². The van der Waals surface area contributed by atoms with Crippen molar-refractivity contribution in [1.82, 2.24) is 28.7 Å². The number of aliphatic hydroxyl groups excluding tert-OH is 2. The molecule has 6 aliphatic heterocycles. The molecule has 4 saturated heterocycles. The van der Waals surface area contributed by atoms with Crippen molar-refractivity contribution in [2.75, 3.05) is 78.9 Å². The van der Waals surface area contributed by atoms with Gasteiger partial charge in [0.25, 0.3) is 11.1 Å². The molecular formula is C46H62N6O8. The third-order valence-electron chi connectivity index (χ3n) is 14.6. The summed E-state index contributed by atoms with van der Waals surface area (Å²) < 4.78 is 14.6. The smallest absolute Gasteiger partial charge is 0.258 e. The first-order valence-corrected chi connectivity index (χ1v) is 22.5. The molecule has 2 saturated carbocycles. The number of allylic oxidation sites excluding steroid dienone is 2. The summed E-state index contributed by atoms with van der Waals surface area (Å²) in [5.41, 5.74) is 3.20. The molecule has 2 N–H and O–H groups in total. The van der Waals surface area contributed by atoms with Crippen LogP contribution in [0.2, 0.25) is 0 Å². The molecule has 60 heavy (non-hydrogen) atoms. The maximum Gasteiger partial charge on any atom is 0.258 e. The molecule has 2 aromatic rings. The van der Waals surface area contributed by atoms with Gasteiger partial charge < -0.3 is 38.6 Å². The Morgan fingerprint density at radius 3 is 1.35 bits per heavy atom. The molecule has 4 bridgehead atoms. The number of carbonyl (C=O) groups is 2. The van der Waals surface area contributed by atoms with Crippen LogP contribution in [-0.2, 0) is 32.2 Å². The van der Waals surface area contributed by atoms with Crippen molar-refractivity contribution in [3.8, 4) is 0 Å². The molecule has 10 rings (SSSR count). The second-order valence-corrected chi connectivity index (χ2v) is 18.2. The van der Waals surface area contributed by atoms with Gasteiger partial charge in [-0.25, -0.2) is 0 Å². The average molecular weight is 827 g/mol. The fourth-order valence-electron chi connectivity index (χ4n) is 11.3. The van der Waals surface area contributed by atoms with Crippen LogP contribution < -0.4 is 11.1 Å². The van der Waals surface area contributed by atoms with Crippen LogP contribution in [0.3, 0.4) is 0 Å². The molecule has 8 heterocycles. The molecule has 8 aliphatic rings. The zero-order valence-corrected chi connectivity index (χ0v) is 35.1. The Morgan fingerprint density at radius 1 is 0.633 bits per heavy atom. The third kappa shape index (κ3) is 7.55. The van der Waals surface area contributed by atoms with Gasteiger partial charge >= 0.3 is 0 Å². The number of morpholine rings is 2. The van der Waals surface area contributed by atoms with Crippen LogP contribution in [0.4, 0.5) is 0 Å². The van der Waals surface area contributed by atoms with Crippen LogP contribution in [-0.4, -0.2) is 142 Å². The number of hydrogen-bond acceptors (Lipinski definition) is 10. The molecule has 6 fully saturated rings. The van der Waals surface area contributed by atoms with E-state index in [4.69, 9.17) is 9.47 Å². The second-order valence-electron chi connectivity index (χ2n) is 18.2. The average Bonchev–Trinajstić information content (AvgIpc) is 4.22. The first-order chi connectivity index (χ1) is 29.3. The number of hydrogen-bond donors (Lipinski definition) is 2. The van der Waals surface area contributed by atoms with Crippen LogP contribution >= 0.6 is 0 Å². The first-order valence-electron chi connectivity index (χ1n) is 22.5. The van der Waals surface area contributed by atoms with Crippen LogP contribution in [0.25, 0.3) is 12.2 Å². The van der Waals surface area contributed by atoms with E-state index in [1.165, 1.54) is 25.7 Å². The lowest BCUT2D eigenvalue weighted by molar-refractivity contribution is -0.143.